The summed E-state index contributed by atoms with van der Waals surface area (Å²) in [6.45, 7) is 0. The van der Waals surface area contributed by atoms with Crippen LogP contribution in [0.5, 0.6) is 0 Å². The van der Waals surface area contributed by atoms with E-state index in [1.807, 2.05) is 25.4 Å². The third kappa shape index (κ3) is 1.55. The Morgan fingerprint density at radius 3 is 2.77 bits per heavy atom. The van der Waals surface area contributed by atoms with Gasteiger partial charge in [-0.15, -0.1) is 11.3 Å². The van der Waals surface area contributed by atoms with Gasteiger partial charge in [-0.3, -0.25) is 0 Å². The first-order valence-corrected chi connectivity index (χ1v) is 4.91. The minimum atomic E-state index is 0.513. The molecule has 0 aromatic carbocycles. The average molecular weight is 214 g/mol. The minimum Gasteiger partial charge on any atom is -0.369 e. The van der Waals surface area contributed by atoms with Crippen molar-refractivity contribution in [2.45, 2.75) is 0 Å². The van der Waals surface area contributed by atoms with Gasteiger partial charge in [0.1, 0.15) is 5.69 Å². The first-order valence-electron chi connectivity index (χ1n) is 3.71. The monoisotopic (exact) mass is 213 g/mol. The molecule has 5 heteroatoms. The predicted octanol–water partition coefficient (Wildman–Crippen LogP) is 2.38. The van der Waals surface area contributed by atoms with E-state index in [9.17, 15) is 0 Å². The van der Waals surface area contributed by atoms with Crippen LogP contribution in [-0.2, 0) is 7.05 Å². The molecule has 2 heterocycles. The quantitative estimate of drug-likeness (QED) is 0.791. The van der Waals surface area contributed by atoms with Crippen LogP contribution in [0, 0.1) is 0 Å². The summed E-state index contributed by atoms with van der Waals surface area (Å²) in [5.41, 5.74) is 6.48. The zero-order valence-electron chi connectivity index (χ0n) is 6.99. The second-order valence-corrected chi connectivity index (χ2v) is 4.41. The van der Waals surface area contributed by atoms with Gasteiger partial charge in [-0.1, -0.05) is 11.6 Å². The summed E-state index contributed by atoms with van der Waals surface area (Å²) in [5.74, 6) is 0.513. The molecular formula is C8H8ClN3S. The van der Waals surface area contributed by atoms with Gasteiger partial charge >= 0.3 is 0 Å². The highest BCUT2D eigenvalue weighted by molar-refractivity contribution is 7.19. The molecule has 0 fully saturated rings. The number of nitrogens with zero attached hydrogens (tertiary/aromatic N) is 2. The van der Waals surface area contributed by atoms with E-state index in [-0.39, 0.29) is 0 Å². The van der Waals surface area contributed by atoms with E-state index in [0.717, 1.165) is 14.9 Å². The van der Waals surface area contributed by atoms with E-state index in [1.54, 1.807) is 4.57 Å². The fourth-order valence-corrected chi connectivity index (χ4v) is 2.05. The zero-order chi connectivity index (χ0) is 9.42. The van der Waals surface area contributed by atoms with Crippen molar-refractivity contribution < 1.29 is 0 Å². The van der Waals surface area contributed by atoms with E-state index in [2.05, 4.69) is 4.98 Å². The van der Waals surface area contributed by atoms with Crippen LogP contribution in [0.4, 0.5) is 5.95 Å². The Hall–Kier alpha value is -1.00. The van der Waals surface area contributed by atoms with Crippen LogP contribution in [0.1, 0.15) is 0 Å². The molecule has 0 bridgehead atoms. The van der Waals surface area contributed by atoms with Gasteiger partial charge in [-0.2, -0.15) is 0 Å². The van der Waals surface area contributed by atoms with Crippen molar-refractivity contribution in [1.82, 2.24) is 9.55 Å². The first kappa shape index (κ1) is 8.59. The predicted molar refractivity (Wildman–Crippen MR) is 55.9 cm³/mol. The maximum absolute atomic E-state index is 5.81. The number of rotatable bonds is 1. The summed E-state index contributed by atoms with van der Waals surface area (Å²) in [6, 6.07) is 3.79. The van der Waals surface area contributed by atoms with Gasteiger partial charge in [-0.25, -0.2) is 4.98 Å². The highest BCUT2D eigenvalue weighted by atomic mass is 35.5. The first-order chi connectivity index (χ1) is 6.16. The lowest BCUT2D eigenvalue weighted by atomic mass is 10.4. The van der Waals surface area contributed by atoms with Crippen molar-refractivity contribution in [1.29, 1.82) is 0 Å². The molecule has 0 saturated heterocycles. The van der Waals surface area contributed by atoms with Crippen LogP contribution >= 0.6 is 22.9 Å². The number of halogens is 1. The Bertz CT molecular complexity index is 413. The molecule has 0 atom stereocenters. The van der Waals surface area contributed by atoms with Crippen molar-refractivity contribution in [3.8, 4) is 10.6 Å². The summed E-state index contributed by atoms with van der Waals surface area (Å²) < 4.78 is 2.54. The van der Waals surface area contributed by atoms with E-state index in [4.69, 9.17) is 17.3 Å². The molecule has 2 rings (SSSR count). The molecule has 3 nitrogen and oxygen atoms in total. The molecule has 0 aliphatic carbocycles. The van der Waals surface area contributed by atoms with Gasteiger partial charge in [0.15, 0.2) is 5.95 Å². The van der Waals surface area contributed by atoms with Crippen molar-refractivity contribution in [3.05, 3.63) is 22.7 Å². The minimum absolute atomic E-state index is 0.513. The second-order valence-electron chi connectivity index (χ2n) is 2.70. The van der Waals surface area contributed by atoms with E-state index in [0.29, 0.717) is 5.95 Å². The topological polar surface area (TPSA) is 43.8 Å². The summed E-state index contributed by atoms with van der Waals surface area (Å²) >= 11 is 7.31. The molecular weight excluding hydrogens is 206 g/mol. The van der Waals surface area contributed by atoms with Crippen LogP contribution in [-0.4, -0.2) is 9.55 Å². The SMILES string of the molecule is Cn1cc(-c2ccc(Cl)s2)nc1N. The van der Waals surface area contributed by atoms with Crippen molar-refractivity contribution in [2.24, 2.45) is 7.05 Å². The third-order valence-electron chi connectivity index (χ3n) is 1.74. The molecule has 0 radical (unpaired) electrons. The summed E-state index contributed by atoms with van der Waals surface area (Å²) in [6.07, 6.45) is 1.89. The number of hydrogen-bond donors (Lipinski definition) is 1. The molecule has 0 amide bonds. The maximum Gasteiger partial charge on any atom is 0.200 e. The van der Waals surface area contributed by atoms with Crippen LogP contribution in [0.2, 0.25) is 4.34 Å². The zero-order valence-corrected chi connectivity index (χ0v) is 8.56. The number of anilines is 1. The molecule has 2 aromatic heterocycles. The fourth-order valence-electron chi connectivity index (χ4n) is 1.05. The van der Waals surface area contributed by atoms with Crippen LogP contribution < -0.4 is 5.73 Å². The van der Waals surface area contributed by atoms with Gasteiger partial charge in [0.2, 0.25) is 0 Å². The Labute approximate surface area is 84.8 Å². The van der Waals surface area contributed by atoms with Gasteiger partial charge in [0.25, 0.3) is 0 Å². The van der Waals surface area contributed by atoms with Crippen LogP contribution in [0.15, 0.2) is 18.3 Å². The lowest BCUT2D eigenvalue weighted by Crippen LogP contribution is -1.94. The third-order valence-corrected chi connectivity index (χ3v) is 2.99. The molecule has 2 N–H and O–H groups in total. The van der Waals surface area contributed by atoms with Gasteiger partial charge in [0, 0.05) is 13.2 Å². The Kier molecular flexibility index (Phi) is 2.01. The van der Waals surface area contributed by atoms with Gasteiger partial charge < -0.3 is 10.3 Å². The smallest absolute Gasteiger partial charge is 0.200 e. The number of aromatic nitrogens is 2. The van der Waals surface area contributed by atoms with Crippen molar-refractivity contribution >= 4 is 28.9 Å². The number of thiophene rings is 1. The Morgan fingerprint density at radius 2 is 2.31 bits per heavy atom. The summed E-state index contributed by atoms with van der Waals surface area (Å²) in [4.78, 5) is 5.23. The number of imidazole rings is 1. The molecule has 68 valence electrons. The molecule has 0 unspecified atom stereocenters. The molecule has 0 aliphatic rings. The van der Waals surface area contributed by atoms with Crippen molar-refractivity contribution in [3.63, 3.8) is 0 Å². The lowest BCUT2D eigenvalue weighted by Gasteiger charge is -1.87. The maximum atomic E-state index is 5.81. The molecule has 0 spiro atoms. The van der Waals surface area contributed by atoms with E-state index < -0.39 is 0 Å². The highest BCUT2D eigenvalue weighted by Gasteiger charge is 2.06. The molecule has 2 aromatic rings. The second kappa shape index (κ2) is 3.05. The lowest BCUT2D eigenvalue weighted by molar-refractivity contribution is 0.930. The number of aryl methyl sites for hydroxylation is 1. The molecule has 0 saturated carbocycles. The Balaban J connectivity index is 2.46. The van der Waals surface area contributed by atoms with Gasteiger partial charge in [-0.05, 0) is 12.1 Å². The Morgan fingerprint density at radius 1 is 1.54 bits per heavy atom. The van der Waals surface area contributed by atoms with Crippen LogP contribution in [0.3, 0.4) is 0 Å². The summed E-state index contributed by atoms with van der Waals surface area (Å²) in [7, 11) is 1.86. The van der Waals surface area contributed by atoms with Gasteiger partial charge in [0.05, 0.1) is 9.21 Å². The largest absolute Gasteiger partial charge is 0.369 e. The van der Waals surface area contributed by atoms with Crippen molar-refractivity contribution in [2.75, 3.05) is 5.73 Å². The number of hydrogen-bond acceptors (Lipinski definition) is 3. The number of nitrogen functional groups attached to an aromatic ring is 1. The van der Waals surface area contributed by atoms with E-state index >= 15 is 0 Å². The average Bonchev–Trinajstić information content (AvgIpc) is 2.61. The normalized spacial score (nSPS) is 10.6. The van der Waals surface area contributed by atoms with Crippen LogP contribution in [0.25, 0.3) is 10.6 Å². The number of nitrogens with two attached hydrogens (primary N) is 1. The standard InChI is InChI=1S/C8H8ClN3S/c1-12-4-5(11-8(12)10)6-2-3-7(9)13-6/h2-4H,1H3,(H2,10,11). The van der Waals surface area contributed by atoms with E-state index in [1.165, 1.54) is 11.3 Å². The highest BCUT2D eigenvalue weighted by Crippen LogP contribution is 2.30. The fraction of sp³-hybridized carbons (Fsp3) is 0.125. The molecule has 0 aliphatic heterocycles. The molecule has 13 heavy (non-hydrogen) atoms. The summed E-state index contributed by atoms with van der Waals surface area (Å²) in [5, 5.41) is 0.